The summed E-state index contributed by atoms with van der Waals surface area (Å²) in [6.45, 7) is 2.24. The van der Waals surface area contributed by atoms with E-state index in [0.717, 1.165) is 11.5 Å². The average Bonchev–Trinajstić information content (AvgIpc) is 2.56. The molecule has 0 amide bonds. The van der Waals surface area contributed by atoms with Crippen molar-refractivity contribution in [1.29, 1.82) is 0 Å². The molecule has 2 heterocycles. The van der Waals surface area contributed by atoms with Crippen LogP contribution in [0.15, 0.2) is 22.8 Å². The van der Waals surface area contributed by atoms with Crippen LogP contribution < -0.4 is 5.32 Å². The highest BCUT2D eigenvalue weighted by atomic mass is 32.2. The van der Waals surface area contributed by atoms with Crippen LogP contribution in [0.5, 0.6) is 0 Å². The minimum absolute atomic E-state index is 0.400. The zero-order chi connectivity index (χ0) is 9.10. The molecule has 13 heavy (non-hydrogen) atoms. The maximum Gasteiger partial charge on any atom is 0.121 e. The summed E-state index contributed by atoms with van der Waals surface area (Å²) in [5.41, 5.74) is 0. The van der Waals surface area contributed by atoms with Gasteiger partial charge in [-0.15, -0.1) is 0 Å². The zero-order valence-electron chi connectivity index (χ0n) is 7.82. The van der Waals surface area contributed by atoms with Crippen LogP contribution in [0.3, 0.4) is 0 Å². The van der Waals surface area contributed by atoms with Gasteiger partial charge >= 0.3 is 0 Å². The largest absolute Gasteiger partial charge is 0.468 e. The van der Waals surface area contributed by atoms with Gasteiger partial charge in [0.05, 0.1) is 12.3 Å². The van der Waals surface area contributed by atoms with Crippen LogP contribution in [-0.2, 0) is 0 Å². The topological polar surface area (TPSA) is 25.2 Å². The van der Waals surface area contributed by atoms with Gasteiger partial charge < -0.3 is 9.73 Å². The maximum atomic E-state index is 5.40. The Kier molecular flexibility index (Phi) is 2.96. The van der Waals surface area contributed by atoms with Gasteiger partial charge in [0.2, 0.25) is 0 Å². The van der Waals surface area contributed by atoms with Crippen LogP contribution >= 0.6 is 11.8 Å². The fraction of sp³-hybridized carbons (Fsp3) is 0.600. The first-order chi connectivity index (χ1) is 6.36. The van der Waals surface area contributed by atoms with Crippen LogP contribution in [0.2, 0.25) is 0 Å². The molecule has 2 unspecified atom stereocenters. The Morgan fingerprint density at radius 1 is 1.62 bits per heavy atom. The van der Waals surface area contributed by atoms with Gasteiger partial charge in [-0.1, -0.05) is 0 Å². The van der Waals surface area contributed by atoms with E-state index in [1.54, 1.807) is 6.26 Å². The van der Waals surface area contributed by atoms with Crippen LogP contribution in [0.4, 0.5) is 0 Å². The fourth-order valence-electron chi connectivity index (χ4n) is 1.59. The smallest absolute Gasteiger partial charge is 0.121 e. The van der Waals surface area contributed by atoms with E-state index < -0.39 is 0 Å². The van der Waals surface area contributed by atoms with Gasteiger partial charge in [0.25, 0.3) is 0 Å². The van der Waals surface area contributed by atoms with Crippen LogP contribution in [0, 0.1) is 0 Å². The molecule has 0 spiro atoms. The molecule has 1 aromatic rings. The van der Waals surface area contributed by atoms with E-state index in [4.69, 9.17) is 4.42 Å². The quantitative estimate of drug-likeness (QED) is 0.748. The summed E-state index contributed by atoms with van der Waals surface area (Å²) in [5.74, 6) is 3.45. The molecule has 1 aliphatic rings. The third kappa shape index (κ3) is 2.29. The van der Waals surface area contributed by atoms with Gasteiger partial charge in [-0.05, 0) is 31.2 Å². The number of thioether (sulfide) groups is 1. The van der Waals surface area contributed by atoms with E-state index in [2.05, 4.69) is 18.3 Å². The van der Waals surface area contributed by atoms with E-state index in [1.165, 1.54) is 12.2 Å². The molecule has 1 fully saturated rings. The summed E-state index contributed by atoms with van der Waals surface area (Å²) < 4.78 is 5.40. The summed E-state index contributed by atoms with van der Waals surface area (Å²) in [6, 6.07) is 5.01. The molecule has 0 radical (unpaired) electrons. The molecule has 2 nitrogen and oxygen atoms in total. The van der Waals surface area contributed by atoms with Crippen molar-refractivity contribution in [3.8, 4) is 0 Å². The number of hydrogen-bond acceptors (Lipinski definition) is 3. The normalized spacial score (nSPS) is 29.9. The number of hydrogen-bond donors (Lipinski definition) is 1. The Hall–Kier alpha value is -0.410. The summed E-state index contributed by atoms with van der Waals surface area (Å²) in [4.78, 5) is 0. The molecule has 0 aliphatic carbocycles. The molecular weight excluding hydrogens is 182 g/mol. The maximum absolute atomic E-state index is 5.40. The minimum atomic E-state index is 0.400. The van der Waals surface area contributed by atoms with Crippen molar-refractivity contribution in [3.63, 3.8) is 0 Å². The lowest BCUT2D eigenvalue weighted by Gasteiger charge is -2.16. The molecular formula is C10H15NOS. The summed E-state index contributed by atoms with van der Waals surface area (Å²) in [5, 5.41) is 3.57. The Bertz CT molecular complexity index is 247. The van der Waals surface area contributed by atoms with Gasteiger partial charge in [0.1, 0.15) is 5.76 Å². The molecule has 0 aromatic carbocycles. The Morgan fingerprint density at radius 3 is 3.31 bits per heavy atom. The van der Waals surface area contributed by atoms with Gasteiger partial charge in [-0.2, -0.15) is 11.8 Å². The fourth-order valence-corrected chi connectivity index (χ4v) is 2.77. The predicted octanol–water partition coefficient (Wildman–Crippen LogP) is 2.44. The monoisotopic (exact) mass is 197 g/mol. The second-order valence-electron chi connectivity index (χ2n) is 3.50. The van der Waals surface area contributed by atoms with Crippen molar-refractivity contribution in [3.05, 3.63) is 24.2 Å². The van der Waals surface area contributed by atoms with Crippen molar-refractivity contribution in [2.75, 3.05) is 11.5 Å². The van der Waals surface area contributed by atoms with Crippen molar-refractivity contribution in [2.45, 2.75) is 25.4 Å². The minimum Gasteiger partial charge on any atom is -0.468 e. The van der Waals surface area contributed by atoms with Gasteiger partial charge in [-0.25, -0.2) is 0 Å². The molecule has 2 atom stereocenters. The molecule has 3 heteroatoms. The van der Waals surface area contributed by atoms with E-state index in [-0.39, 0.29) is 0 Å². The standard InChI is InChI=1S/C10H15NOS/c1-8-4-6-13-7-9(11-8)10-3-2-5-12-10/h2-3,5,8-9,11H,4,6-7H2,1H3. The summed E-state index contributed by atoms with van der Waals surface area (Å²) in [6.07, 6.45) is 3.00. The van der Waals surface area contributed by atoms with Crippen molar-refractivity contribution >= 4 is 11.8 Å². The molecule has 0 saturated carbocycles. The lowest BCUT2D eigenvalue weighted by atomic mass is 10.2. The molecule has 1 aliphatic heterocycles. The van der Waals surface area contributed by atoms with E-state index in [1.807, 2.05) is 17.8 Å². The van der Waals surface area contributed by atoms with Crippen molar-refractivity contribution < 1.29 is 4.42 Å². The van der Waals surface area contributed by atoms with E-state index >= 15 is 0 Å². The van der Waals surface area contributed by atoms with Gasteiger partial charge in [0, 0.05) is 11.8 Å². The average molecular weight is 197 g/mol. The second kappa shape index (κ2) is 4.20. The second-order valence-corrected chi connectivity index (χ2v) is 4.65. The van der Waals surface area contributed by atoms with Crippen LogP contribution in [0.25, 0.3) is 0 Å². The lowest BCUT2D eigenvalue weighted by molar-refractivity contribution is 0.403. The summed E-state index contributed by atoms with van der Waals surface area (Å²) in [7, 11) is 0. The zero-order valence-corrected chi connectivity index (χ0v) is 8.64. The molecule has 72 valence electrons. The first-order valence-electron chi connectivity index (χ1n) is 4.73. The highest BCUT2D eigenvalue weighted by Crippen LogP contribution is 2.23. The van der Waals surface area contributed by atoms with E-state index in [0.29, 0.717) is 12.1 Å². The van der Waals surface area contributed by atoms with Crippen LogP contribution in [0.1, 0.15) is 25.1 Å². The molecule has 1 saturated heterocycles. The van der Waals surface area contributed by atoms with Gasteiger partial charge in [0.15, 0.2) is 0 Å². The molecule has 1 N–H and O–H groups in total. The first-order valence-corrected chi connectivity index (χ1v) is 5.89. The Labute approximate surface area is 83.1 Å². The third-order valence-electron chi connectivity index (χ3n) is 2.35. The third-order valence-corrected chi connectivity index (χ3v) is 3.45. The van der Waals surface area contributed by atoms with Crippen molar-refractivity contribution in [2.24, 2.45) is 0 Å². The number of rotatable bonds is 1. The molecule has 0 bridgehead atoms. The molecule has 2 rings (SSSR count). The predicted molar refractivity (Wildman–Crippen MR) is 56.0 cm³/mol. The number of furan rings is 1. The lowest BCUT2D eigenvalue weighted by Crippen LogP contribution is -2.29. The van der Waals surface area contributed by atoms with E-state index in [9.17, 15) is 0 Å². The Balaban J connectivity index is 2.05. The van der Waals surface area contributed by atoms with Crippen molar-refractivity contribution in [1.82, 2.24) is 5.32 Å². The SMILES string of the molecule is CC1CCSCC(c2ccco2)N1. The highest BCUT2D eigenvalue weighted by molar-refractivity contribution is 7.99. The van der Waals surface area contributed by atoms with Gasteiger partial charge in [-0.3, -0.25) is 0 Å². The number of nitrogens with one attached hydrogen (secondary N) is 1. The Morgan fingerprint density at radius 2 is 2.54 bits per heavy atom. The highest BCUT2D eigenvalue weighted by Gasteiger charge is 2.19. The first kappa shape index (κ1) is 9.16. The summed E-state index contributed by atoms with van der Waals surface area (Å²) >= 11 is 2.00. The molecule has 1 aromatic heterocycles. The van der Waals surface area contributed by atoms with Crippen LogP contribution in [-0.4, -0.2) is 17.5 Å².